The van der Waals surface area contributed by atoms with E-state index in [1.54, 1.807) is 42.7 Å². The number of rotatable bonds is 7. The first-order chi connectivity index (χ1) is 21.0. The molecule has 1 saturated heterocycles. The molecule has 1 unspecified atom stereocenters. The van der Waals surface area contributed by atoms with Gasteiger partial charge in [-0.25, -0.2) is 14.1 Å². The molecule has 0 spiro atoms. The van der Waals surface area contributed by atoms with Crippen molar-refractivity contribution in [1.82, 2.24) is 15.5 Å². The summed E-state index contributed by atoms with van der Waals surface area (Å²) in [4.78, 5) is 35.7. The van der Waals surface area contributed by atoms with Crippen LogP contribution in [0.15, 0.2) is 99.8 Å². The Hall–Kier alpha value is -4.61. The van der Waals surface area contributed by atoms with Gasteiger partial charge in [0.25, 0.3) is 5.91 Å². The topological polar surface area (TPSA) is 98.3 Å². The molecular weight excluding hydrogens is 567 g/mol. The molecule has 3 N–H and O–H groups in total. The third kappa shape index (κ3) is 5.61. The number of nitrogens with zero attached hydrogens (tertiary/aromatic N) is 3. The monoisotopic (exact) mass is 596 g/mol. The first-order valence-corrected chi connectivity index (χ1v) is 15.1. The number of likely N-dealkylation sites (tertiary alicyclic amines) is 1. The lowest BCUT2D eigenvalue weighted by Gasteiger charge is -2.34. The van der Waals surface area contributed by atoms with Crippen molar-refractivity contribution in [1.29, 1.82) is 0 Å². The highest BCUT2D eigenvalue weighted by Gasteiger charge is 2.44. The first-order valence-electron chi connectivity index (χ1n) is 14.2. The largest absolute Gasteiger partial charge is 0.457 e. The van der Waals surface area contributed by atoms with Crippen molar-refractivity contribution < 1.29 is 18.7 Å². The third-order valence-electron chi connectivity index (χ3n) is 7.70. The highest BCUT2D eigenvalue weighted by Crippen LogP contribution is 2.46. The van der Waals surface area contributed by atoms with Crippen LogP contribution < -0.4 is 25.6 Å². The van der Waals surface area contributed by atoms with E-state index < -0.39 is 6.03 Å². The Morgan fingerprint density at radius 3 is 2.58 bits per heavy atom. The number of ether oxygens (including phenoxy) is 1. The normalized spacial score (nSPS) is 19.6. The Morgan fingerprint density at radius 1 is 1.02 bits per heavy atom. The molecular formula is C32H29FN6O3S. The minimum atomic E-state index is -0.413. The summed E-state index contributed by atoms with van der Waals surface area (Å²) in [5.74, 6) is 0.719. The van der Waals surface area contributed by atoms with E-state index in [0.717, 1.165) is 25.2 Å². The Bertz CT molecular complexity index is 1670. The molecule has 218 valence electrons. The molecule has 4 heterocycles. The second-order valence-corrected chi connectivity index (χ2v) is 11.8. The van der Waals surface area contributed by atoms with E-state index in [4.69, 9.17) is 4.74 Å². The highest BCUT2D eigenvalue weighted by molar-refractivity contribution is 8.05. The van der Waals surface area contributed by atoms with Gasteiger partial charge < -0.3 is 20.7 Å². The van der Waals surface area contributed by atoms with Crippen LogP contribution in [0.25, 0.3) is 0 Å². The van der Waals surface area contributed by atoms with Gasteiger partial charge >= 0.3 is 6.03 Å². The molecule has 3 aromatic carbocycles. The lowest BCUT2D eigenvalue weighted by molar-refractivity contribution is -0.112. The summed E-state index contributed by atoms with van der Waals surface area (Å²) in [5, 5.41) is 8.64. The summed E-state index contributed by atoms with van der Waals surface area (Å²) in [6.45, 7) is 3.17. The van der Waals surface area contributed by atoms with E-state index >= 15 is 0 Å². The second-order valence-electron chi connectivity index (χ2n) is 10.7. The fraction of sp³-hybridized carbons (Fsp3) is 0.219. The Kier molecular flexibility index (Phi) is 7.33. The number of urea groups is 1. The number of benzene rings is 3. The van der Waals surface area contributed by atoms with E-state index in [1.807, 2.05) is 24.3 Å². The SMILES string of the molecule is O=C(Nc1ccc(CN2CCCCC2)cc1)C1=C2NC(=O)N(c3ccc(Oc4cccc(F)c4)cc3)C3=C2C(N=CN3)S1. The summed E-state index contributed by atoms with van der Waals surface area (Å²) in [7, 11) is 0. The van der Waals surface area contributed by atoms with Crippen molar-refractivity contribution >= 4 is 41.4 Å². The van der Waals surface area contributed by atoms with Gasteiger partial charge in [-0.05, 0) is 80.0 Å². The number of carbonyl (C=O) groups excluding carboxylic acids is 2. The summed E-state index contributed by atoms with van der Waals surface area (Å²) < 4.78 is 19.3. The minimum Gasteiger partial charge on any atom is -0.457 e. The molecule has 0 radical (unpaired) electrons. The molecule has 3 aromatic rings. The van der Waals surface area contributed by atoms with Crippen molar-refractivity contribution in [3.63, 3.8) is 0 Å². The Labute approximate surface area is 252 Å². The minimum absolute atomic E-state index is 0.298. The van der Waals surface area contributed by atoms with Crippen molar-refractivity contribution in [2.45, 2.75) is 31.2 Å². The second kappa shape index (κ2) is 11.6. The molecule has 1 fully saturated rings. The number of nitrogens with one attached hydrogen (secondary N) is 3. The molecule has 3 amide bonds. The van der Waals surface area contributed by atoms with Gasteiger partial charge in [-0.3, -0.25) is 14.7 Å². The molecule has 0 saturated carbocycles. The predicted molar refractivity (Wildman–Crippen MR) is 165 cm³/mol. The van der Waals surface area contributed by atoms with Gasteiger partial charge in [-0.15, -0.1) is 0 Å². The highest BCUT2D eigenvalue weighted by atomic mass is 32.2. The van der Waals surface area contributed by atoms with Crippen molar-refractivity contribution in [3.05, 3.63) is 106 Å². The molecule has 9 nitrogen and oxygen atoms in total. The molecule has 7 rings (SSSR count). The van der Waals surface area contributed by atoms with Crippen LogP contribution in [0.1, 0.15) is 24.8 Å². The zero-order valence-electron chi connectivity index (χ0n) is 23.2. The molecule has 1 atom stereocenters. The van der Waals surface area contributed by atoms with Crippen LogP contribution >= 0.6 is 11.8 Å². The molecule has 0 aliphatic carbocycles. The van der Waals surface area contributed by atoms with Gasteiger partial charge in [0.05, 0.1) is 28.2 Å². The predicted octanol–water partition coefficient (Wildman–Crippen LogP) is 5.90. The van der Waals surface area contributed by atoms with Crippen LogP contribution in [0.4, 0.5) is 20.6 Å². The molecule has 4 aliphatic heterocycles. The zero-order chi connectivity index (χ0) is 29.3. The number of thioether (sulfide) groups is 1. The van der Waals surface area contributed by atoms with Crippen LogP contribution in [0.5, 0.6) is 11.5 Å². The van der Waals surface area contributed by atoms with Crippen LogP contribution in [0.2, 0.25) is 0 Å². The maximum Gasteiger partial charge on any atom is 0.332 e. The van der Waals surface area contributed by atoms with E-state index in [0.29, 0.717) is 39.3 Å². The maximum atomic E-state index is 13.5. The maximum absolute atomic E-state index is 13.5. The first kappa shape index (κ1) is 27.2. The smallest absolute Gasteiger partial charge is 0.332 e. The number of hydrogen-bond donors (Lipinski definition) is 3. The standard InChI is InChI=1S/C32H29FN6O3S/c33-21-5-4-6-25(17-21)42-24-13-11-23(12-14-24)39-29-26-27(37-32(39)41)28(43-31(26)35-19-34-29)30(40)36-22-9-7-20(8-10-22)18-38-15-2-1-3-16-38/h4-14,17,19,31H,1-3,15-16,18H2,(H,34,35)(H,36,40)(H,37,41). The average Bonchev–Trinajstić information content (AvgIpc) is 3.39. The van der Waals surface area contributed by atoms with Gasteiger partial charge in [-0.2, -0.15) is 0 Å². The number of hydrogen-bond acceptors (Lipinski definition) is 7. The third-order valence-corrected chi connectivity index (χ3v) is 8.90. The molecule has 43 heavy (non-hydrogen) atoms. The lowest BCUT2D eigenvalue weighted by Crippen LogP contribution is -2.50. The lowest BCUT2D eigenvalue weighted by atomic mass is 10.1. The van der Waals surface area contributed by atoms with E-state index in [1.165, 1.54) is 53.6 Å². The molecule has 0 bridgehead atoms. The van der Waals surface area contributed by atoms with Gasteiger partial charge in [-0.1, -0.05) is 36.4 Å². The summed E-state index contributed by atoms with van der Waals surface area (Å²) >= 11 is 1.30. The molecule has 0 aromatic heterocycles. The average molecular weight is 597 g/mol. The van der Waals surface area contributed by atoms with Crippen LogP contribution in [0, 0.1) is 5.82 Å². The summed E-state index contributed by atoms with van der Waals surface area (Å²) in [6, 6.07) is 20.3. The van der Waals surface area contributed by atoms with E-state index in [-0.39, 0.29) is 17.1 Å². The number of carbonyl (C=O) groups is 2. The quantitative estimate of drug-likeness (QED) is 0.314. The number of aliphatic imine (C=N–C) groups is 1. The zero-order valence-corrected chi connectivity index (χ0v) is 24.0. The van der Waals surface area contributed by atoms with Crippen LogP contribution in [0.3, 0.4) is 0 Å². The van der Waals surface area contributed by atoms with Crippen molar-refractivity contribution in [3.8, 4) is 11.5 Å². The van der Waals surface area contributed by atoms with Gasteiger partial charge in [0.1, 0.15) is 28.5 Å². The molecule has 11 heteroatoms. The van der Waals surface area contributed by atoms with Gasteiger partial charge in [0, 0.05) is 18.3 Å². The Morgan fingerprint density at radius 2 is 1.81 bits per heavy atom. The fourth-order valence-corrected chi connectivity index (χ4v) is 6.76. The number of halogens is 1. The van der Waals surface area contributed by atoms with E-state index in [2.05, 4.69) is 25.8 Å². The van der Waals surface area contributed by atoms with Crippen molar-refractivity contribution in [2.24, 2.45) is 4.99 Å². The van der Waals surface area contributed by atoms with Crippen LogP contribution in [-0.4, -0.2) is 41.6 Å². The van der Waals surface area contributed by atoms with Gasteiger partial charge in [0.15, 0.2) is 0 Å². The van der Waals surface area contributed by atoms with Crippen molar-refractivity contribution in [2.75, 3.05) is 23.3 Å². The van der Waals surface area contributed by atoms with Crippen LogP contribution in [-0.2, 0) is 11.3 Å². The summed E-state index contributed by atoms with van der Waals surface area (Å²) in [5.41, 5.74) is 3.68. The fourth-order valence-electron chi connectivity index (χ4n) is 5.63. The number of anilines is 2. The van der Waals surface area contributed by atoms with E-state index in [9.17, 15) is 14.0 Å². The number of piperidine rings is 1. The summed E-state index contributed by atoms with van der Waals surface area (Å²) in [6.07, 6.45) is 5.34. The molecule has 4 aliphatic rings. The Balaban J connectivity index is 1.09. The van der Waals surface area contributed by atoms with Gasteiger partial charge in [0.2, 0.25) is 0 Å². The number of amides is 3.